The molecule has 1 amide bonds. The molecule has 0 aliphatic carbocycles. The summed E-state index contributed by atoms with van der Waals surface area (Å²) in [6.07, 6.45) is 53.0. The summed E-state index contributed by atoms with van der Waals surface area (Å²) in [6.45, 7) is 3.66. The van der Waals surface area contributed by atoms with Crippen molar-refractivity contribution in [1.82, 2.24) is 5.32 Å². The zero-order chi connectivity index (χ0) is 52.4. The molecule has 8 atom stereocenters. The number of carbonyl (C=O) groups excluding carboxylic acids is 1. The first-order chi connectivity index (χ1) is 35.3. The molecule has 0 saturated carbocycles. The third-order valence-corrected chi connectivity index (χ3v) is 15.8. The molecule has 0 aromatic rings. The van der Waals surface area contributed by atoms with Crippen LogP contribution in [0.4, 0.5) is 0 Å². The van der Waals surface area contributed by atoms with Gasteiger partial charge in [0.05, 0.1) is 25.4 Å². The second-order valence-corrected chi connectivity index (χ2v) is 22.7. The summed E-state index contributed by atoms with van der Waals surface area (Å²) in [6, 6.07) is -0.986. The van der Waals surface area contributed by atoms with Gasteiger partial charge < -0.3 is 45.4 Å². The second kappa shape index (κ2) is 52.2. The summed E-state index contributed by atoms with van der Waals surface area (Å²) < 4.78 is 11.2. The fraction of sp³-hybridized carbons (Fsp3) is 0.984. The summed E-state index contributed by atoms with van der Waals surface area (Å²) >= 11 is 0. The van der Waals surface area contributed by atoms with Gasteiger partial charge in [-0.2, -0.15) is 0 Å². The number of unbranched alkanes of at least 4 members (excludes halogenated alkanes) is 45. The van der Waals surface area contributed by atoms with E-state index in [1.807, 2.05) is 0 Å². The Balaban J connectivity index is 2.11. The van der Waals surface area contributed by atoms with Crippen molar-refractivity contribution in [2.75, 3.05) is 13.2 Å². The first-order valence-electron chi connectivity index (χ1n) is 31.8. The number of ether oxygens (including phenoxy) is 2. The molecule has 10 nitrogen and oxygen atoms in total. The highest BCUT2D eigenvalue weighted by Crippen LogP contribution is 2.24. The Labute approximate surface area is 445 Å². The molecular formula is C62H123NO9. The van der Waals surface area contributed by atoms with E-state index in [0.717, 1.165) is 38.5 Å². The number of rotatable bonds is 56. The van der Waals surface area contributed by atoms with E-state index in [0.29, 0.717) is 6.42 Å². The lowest BCUT2D eigenvalue weighted by molar-refractivity contribution is -0.303. The number of amides is 1. The van der Waals surface area contributed by atoms with Crippen molar-refractivity contribution in [3.63, 3.8) is 0 Å². The second-order valence-electron chi connectivity index (χ2n) is 22.7. The Morgan fingerprint density at radius 1 is 0.431 bits per heavy atom. The van der Waals surface area contributed by atoms with Crippen LogP contribution in [-0.4, -0.2) is 98.7 Å². The molecule has 1 saturated heterocycles. The molecule has 1 rings (SSSR count). The largest absolute Gasteiger partial charge is 0.394 e. The summed E-state index contributed by atoms with van der Waals surface area (Å²) in [5, 5.41) is 65.6. The monoisotopic (exact) mass is 1030 g/mol. The Morgan fingerprint density at radius 3 is 1.03 bits per heavy atom. The van der Waals surface area contributed by atoms with Gasteiger partial charge in [-0.1, -0.05) is 309 Å². The van der Waals surface area contributed by atoms with E-state index in [4.69, 9.17) is 9.47 Å². The predicted octanol–water partition coefficient (Wildman–Crippen LogP) is 15.2. The Hall–Kier alpha value is -0.850. The maximum atomic E-state index is 13.1. The van der Waals surface area contributed by atoms with Crippen molar-refractivity contribution in [1.29, 1.82) is 0 Å². The van der Waals surface area contributed by atoms with Gasteiger partial charge in [0, 0.05) is 6.42 Å². The highest BCUT2D eigenvalue weighted by Gasteiger charge is 2.44. The normalized spacial score (nSPS) is 19.5. The molecule has 0 bridgehead atoms. The molecule has 2 unspecified atom stereocenters. The lowest BCUT2D eigenvalue weighted by atomic mass is 9.98. The molecule has 0 aromatic carbocycles. The molecule has 1 heterocycles. The minimum Gasteiger partial charge on any atom is -0.394 e. The van der Waals surface area contributed by atoms with E-state index >= 15 is 0 Å². The molecule has 7 N–H and O–H groups in total. The van der Waals surface area contributed by atoms with Crippen LogP contribution in [0, 0.1) is 0 Å². The summed E-state index contributed by atoms with van der Waals surface area (Å²) in [5.74, 6) is -0.249. The highest BCUT2D eigenvalue weighted by atomic mass is 16.7. The molecule has 1 aliphatic heterocycles. The molecule has 10 heteroatoms. The number of hydrogen-bond acceptors (Lipinski definition) is 9. The zero-order valence-corrected chi connectivity index (χ0v) is 47.6. The number of aliphatic hydroxyl groups excluding tert-OH is 6. The standard InChI is InChI=1S/C62H123NO9/c1-3-5-7-9-11-13-15-17-19-20-21-22-23-24-25-26-27-28-29-30-31-32-33-34-35-36-37-39-41-43-45-47-49-51-57(66)63-54(53-71-62-61(70)60(69)59(68)56(52-64)72-62)58(67)55(65)50-48-46-44-42-40-38-18-16-14-12-10-8-6-4-2/h54-56,58-62,64-65,67-70H,3-53H2,1-2H3,(H,63,66)/t54-,55+,56+,58-,59+,60?,61?,62+/m0/s1. The molecule has 0 spiro atoms. The molecule has 1 aliphatic rings. The Morgan fingerprint density at radius 2 is 0.722 bits per heavy atom. The van der Waals surface area contributed by atoms with Crippen molar-refractivity contribution in [3.8, 4) is 0 Å². The summed E-state index contributed by atoms with van der Waals surface area (Å²) in [7, 11) is 0. The molecule has 0 radical (unpaired) electrons. The number of aliphatic hydroxyl groups is 6. The fourth-order valence-corrected chi connectivity index (χ4v) is 10.7. The van der Waals surface area contributed by atoms with Crippen LogP contribution < -0.4 is 5.32 Å². The van der Waals surface area contributed by atoms with Gasteiger partial charge in [0.2, 0.25) is 5.91 Å². The van der Waals surface area contributed by atoms with Crippen molar-refractivity contribution >= 4 is 5.91 Å². The highest BCUT2D eigenvalue weighted by molar-refractivity contribution is 5.76. The van der Waals surface area contributed by atoms with Crippen LogP contribution in [0.3, 0.4) is 0 Å². The fourth-order valence-electron chi connectivity index (χ4n) is 10.7. The van der Waals surface area contributed by atoms with Crippen LogP contribution in [0.5, 0.6) is 0 Å². The van der Waals surface area contributed by atoms with Crippen LogP contribution in [0.15, 0.2) is 0 Å². The van der Waals surface area contributed by atoms with Crippen molar-refractivity contribution < 1.29 is 44.9 Å². The first kappa shape index (κ1) is 69.2. The predicted molar refractivity (Wildman–Crippen MR) is 301 cm³/mol. The van der Waals surface area contributed by atoms with Gasteiger partial charge in [-0.25, -0.2) is 0 Å². The van der Waals surface area contributed by atoms with Crippen molar-refractivity contribution in [3.05, 3.63) is 0 Å². The van der Waals surface area contributed by atoms with E-state index in [1.165, 1.54) is 263 Å². The number of hydrogen-bond donors (Lipinski definition) is 7. The Kier molecular flexibility index (Phi) is 50.2. The van der Waals surface area contributed by atoms with Gasteiger partial charge in [0.25, 0.3) is 0 Å². The van der Waals surface area contributed by atoms with E-state index in [1.54, 1.807) is 0 Å². The topological polar surface area (TPSA) is 169 Å². The third kappa shape index (κ3) is 40.4. The number of carbonyl (C=O) groups is 1. The van der Waals surface area contributed by atoms with E-state index in [-0.39, 0.29) is 18.9 Å². The molecule has 430 valence electrons. The molecule has 1 fully saturated rings. The van der Waals surface area contributed by atoms with Crippen LogP contribution >= 0.6 is 0 Å². The quantitative estimate of drug-likeness (QED) is 0.0293. The van der Waals surface area contributed by atoms with Crippen LogP contribution in [0.1, 0.15) is 328 Å². The summed E-state index contributed by atoms with van der Waals surface area (Å²) in [4.78, 5) is 13.1. The van der Waals surface area contributed by atoms with E-state index in [2.05, 4.69) is 19.2 Å². The Bertz CT molecular complexity index is 1110. The lowest BCUT2D eigenvalue weighted by Gasteiger charge is -2.40. The maximum Gasteiger partial charge on any atom is 0.220 e. The number of nitrogens with one attached hydrogen (secondary N) is 1. The smallest absolute Gasteiger partial charge is 0.220 e. The third-order valence-electron chi connectivity index (χ3n) is 15.8. The minimum absolute atomic E-state index is 0.249. The van der Waals surface area contributed by atoms with Gasteiger partial charge in [0.15, 0.2) is 6.29 Å². The van der Waals surface area contributed by atoms with Crippen molar-refractivity contribution in [2.24, 2.45) is 0 Å². The van der Waals surface area contributed by atoms with Crippen LogP contribution in [0.2, 0.25) is 0 Å². The molecule has 72 heavy (non-hydrogen) atoms. The van der Waals surface area contributed by atoms with Crippen molar-refractivity contribution in [2.45, 2.75) is 377 Å². The van der Waals surface area contributed by atoms with Gasteiger partial charge in [-0.3, -0.25) is 4.79 Å². The van der Waals surface area contributed by atoms with Gasteiger partial charge in [-0.05, 0) is 12.8 Å². The van der Waals surface area contributed by atoms with Gasteiger partial charge in [0.1, 0.15) is 30.5 Å². The zero-order valence-electron chi connectivity index (χ0n) is 47.6. The minimum atomic E-state index is -1.60. The maximum absolute atomic E-state index is 13.1. The first-order valence-corrected chi connectivity index (χ1v) is 31.8. The average Bonchev–Trinajstić information content (AvgIpc) is 3.38. The SMILES string of the molecule is CCCCCCCCCCCCCCCCCCCCCCCCCCCCCCCCCCCC(=O)N[C@@H](CO[C@@H]1O[C@H](CO)[C@@H](O)C(O)C1O)[C@H](O)[C@H](O)CCCCCCCCCCCCCCCC. The molecular weight excluding hydrogens is 903 g/mol. The van der Waals surface area contributed by atoms with E-state index in [9.17, 15) is 35.4 Å². The van der Waals surface area contributed by atoms with E-state index < -0.39 is 55.6 Å². The molecule has 0 aromatic heterocycles. The van der Waals surface area contributed by atoms with Gasteiger partial charge in [-0.15, -0.1) is 0 Å². The lowest BCUT2D eigenvalue weighted by Crippen LogP contribution is -2.60. The van der Waals surface area contributed by atoms with Gasteiger partial charge >= 0.3 is 0 Å². The van der Waals surface area contributed by atoms with Crippen LogP contribution in [-0.2, 0) is 14.3 Å². The average molecular weight is 1030 g/mol. The summed E-state index contributed by atoms with van der Waals surface area (Å²) in [5.41, 5.74) is 0. The van der Waals surface area contributed by atoms with Crippen LogP contribution in [0.25, 0.3) is 0 Å².